The van der Waals surface area contributed by atoms with Crippen LogP contribution in [0.4, 0.5) is 16.3 Å². The molecule has 0 bridgehead atoms. The number of aromatic nitrogens is 4. The first kappa shape index (κ1) is 38.0. The highest BCUT2D eigenvalue weighted by Crippen LogP contribution is 2.36. The third-order valence-corrected chi connectivity index (χ3v) is 12.2. The van der Waals surface area contributed by atoms with Gasteiger partial charge in [-0.25, -0.2) is 9.48 Å². The largest absolute Gasteiger partial charge is 0.463 e. The summed E-state index contributed by atoms with van der Waals surface area (Å²) in [5.41, 5.74) is 6.57. The predicted octanol–water partition coefficient (Wildman–Crippen LogP) is 5.57. The van der Waals surface area contributed by atoms with Gasteiger partial charge in [0.2, 0.25) is 0 Å². The molecule has 7 rings (SSSR count). The van der Waals surface area contributed by atoms with Crippen LogP contribution in [0.3, 0.4) is 0 Å². The molecule has 14 heteroatoms. The van der Waals surface area contributed by atoms with Crippen LogP contribution in [0.2, 0.25) is 25.7 Å². The van der Waals surface area contributed by atoms with Gasteiger partial charge < -0.3 is 33.6 Å². The van der Waals surface area contributed by atoms with Gasteiger partial charge in [0.1, 0.15) is 19.2 Å². The fourth-order valence-corrected chi connectivity index (χ4v) is 8.15. The van der Waals surface area contributed by atoms with Gasteiger partial charge in [-0.3, -0.25) is 4.90 Å². The molecule has 0 saturated carbocycles. The van der Waals surface area contributed by atoms with Crippen molar-refractivity contribution >= 4 is 36.6 Å². The number of ether oxygens (including phenoxy) is 4. The molecule has 4 aromatic rings. The molecular formula is C40H56N8O5Si. The number of morpholine rings is 1. The summed E-state index contributed by atoms with van der Waals surface area (Å²) in [6, 6.07) is 15.7. The Bertz CT molecular complexity index is 1850. The summed E-state index contributed by atoms with van der Waals surface area (Å²) < 4.78 is 25.5. The van der Waals surface area contributed by atoms with E-state index in [-0.39, 0.29) is 12.7 Å². The Hall–Kier alpha value is -4.24. The lowest BCUT2D eigenvalue weighted by atomic mass is 10.0. The number of rotatable bonds is 14. The van der Waals surface area contributed by atoms with E-state index in [2.05, 4.69) is 53.4 Å². The molecule has 2 aromatic carbocycles. The average Bonchev–Trinajstić information content (AvgIpc) is 3.59. The highest BCUT2D eigenvalue weighted by atomic mass is 28.3. The van der Waals surface area contributed by atoms with E-state index in [0.717, 1.165) is 98.4 Å². The molecule has 2 fully saturated rings. The number of fused-ring (bicyclic) bond motifs is 2. The molecule has 0 atom stereocenters. The lowest BCUT2D eigenvalue weighted by molar-refractivity contribution is 0.0356. The summed E-state index contributed by atoms with van der Waals surface area (Å²) in [6.07, 6.45) is 3.38. The van der Waals surface area contributed by atoms with Crippen molar-refractivity contribution in [3.05, 3.63) is 71.0 Å². The molecule has 2 aromatic heterocycles. The number of carbonyl (C=O) groups is 1. The van der Waals surface area contributed by atoms with Gasteiger partial charge in [0, 0.05) is 78.0 Å². The van der Waals surface area contributed by atoms with Gasteiger partial charge >= 0.3 is 12.1 Å². The van der Waals surface area contributed by atoms with Crippen LogP contribution in [0.5, 0.6) is 6.01 Å². The number of hydrogen-bond acceptors (Lipinski definition) is 11. The number of nitrogens with zero attached hydrogens (tertiary/aromatic N) is 8. The van der Waals surface area contributed by atoms with Crippen molar-refractivity contribution in [1.82, 2.24) is 29.5 Å². The quantitative estimate of drug-likeness (QED) is 0.119. The molecule has 1 amide bonds. The van der Waals surface area contributed by atoms with E-state index in [1.165, 1.54) is 11.3 Å². The Labute approximate surface area is 320 Å². The average molecular weight is 757 g/mol. The summed E-state index contributed by atoms with van der Waals surface area (Å²) in [5.74, 6) is 0.915. The van der Waals surface area contributed by atoms with Crippen LogP contribution in [-0.4, -0.2) is 123 Å². The van der Waals surface area contributed by atoms with E-state index >= 15 is 0 Å². The lowest BCUT2D eigenvalue weighted by Gasteiger charge is -2.38. The first-order valence-corrected chi connectivity index (χ1v) is 23.2. The first-order valence-electron chi connectivity index (χ1n) is 19.5. The number of anilines is 2. The highest BCUT2D eigenvalue weighted by molar-refractivity contribution is 6.76. The zero-order valence-corrected chi connectivity index (χ0v) is 33.5. The van der Waals surface area contributed by atoms with E-state index in [1.807, 2.05) is 41.2 Å². The molecule has 5 heterocycles. The van der Waals surface area contributed by atoms with Crippen LogP contribution in [0.15, 0.2) is 48.7 Å². The predicted molar refractivity (Wildman–Crippen MR) is 213 cm³/mol. The zero-order chi connectivity index (χ0) is 37.5. The Balaban J connectivity index is 1.07. The number of hydrogen-bond donors (Lipinski definition) is 0. The summed E-state index contributed by atoms with van der Waals surface area (Å²) in [6.45, 7) is 19.6. The lowest BCUT2D eigenvalue weighted by Crippen LogP contribution is -2.49. The van der Waals surface area contributed by atoms with E-state index in [4.69, 9.17) is 34.0 Å². The number of aryl methyl sites for hydroxylation is 1. The molecular weight excluding hydrogens is 701 g/mol. The minimum atomic E-state index is -1.17. The molecule has 3 aliphatic rings. The van der Waals surface area contributed by atoms with Crippen LogP contribution in [0.1, 0.15) is 28.8 Å². The SMILES string of the molecule is Cc1ccc2c(cnn2COCC[Si](C)(C)C)c1N1CCc2c(nc(OCCCN3CCOCC3)nc2N2CCN(C(=O)OCc3ccccc3)CC2)C1. The highest BCUT2D eigenvalue weighted by Gasteiger charge is 2.30. The minimum absolute atomic E-state index is 0.266. The van der Waals surface area contributed by atoms with Crippen LogP contribution >= 0.6 is 0 Å². The summed E-state index contributed by atoms with van der Waals surface area (Å²) >= 11 is 0. The van der Waals surface area contributed by atoms with Crippen molar-refractivity contribution in [1.29, 1.82) is 0 Å². The molecule has 2 saturated heterocycles. The van der Waals surface area contributed by atoms with Crippen molar-refractivity contribution in [2.45, 2.75) is 65.3 Å². The molecule has 0 unspecified atom stereocenters. The topological polar surface area (TPSA) is 111 Å². The Morgan fingerprint density at radius 3 is 2.48 bits per heavy atom. The van der Waals surface area contributed by atoms with Gasteiger partial charge in [0.15, 0.2) is 0 Å². The summed E-state index contributed by atoms with van der Waals surface area (Å²) in [7, 11) is -1.17. The monoisotopic (exact) mass is 756 g/mol. The van der Waals surface area contributed by atoms with Crippen LogP contribution in [0.25, 0.3) is 10.9 Å². The van der Waals surface area contributed by atoms with Crippen molar-refractivity contribution < 1.29 is 23.7 Å². The molecule has 3 aliphatic heterocycles. The zero-order valence-electron chi connectivity index (χ0n) is 32.5. The van der Waals surface area contributed by atoms with Gasteiger partial charge in [-0.2, -0.15) is 15.1 Å². The molecule has 0 radical (unpaired) electrons. The minimum Gasteiger partial charge on any atom is -0.463 e. The molecule has 0 aliphatic carbocycles. The van der Waals surface area contributed by atoms with E-state index in [1.54, 1.807) is 4.90 Å². The summed E-state index contributed by atoms with van der Waals surface area (Å²) in [5, 5.41) is 5.88. The second-order valence-electron chi connectivity index (χ2n) is 15.8. The van der Waals surface area contributed by atoms with Crippen LogP contribution < -0.4 is 14.5 Å². The third-order valence-electron chi connectivity index (χ3n) is 10.5. The first-order chi connectivity index (χ1) is 26.2. The standard InChI is InChI=1S/C40H56N8O5Si/c1-31-11-12-36-34(27-41-48(36)30-51-25-26-54(2,3)4)37(31)47-15-13-33-35(28-47)42-39(52-22-8-14-44-20-23-50-24-21-44)43-38(33)45-16-18-46(19-17-45)40(49)53-29-32-9-6-5-7-10-32/h5-7,9-12,27H,8,13-26,28-30H2,1-4H3. The van der Waals surface area contributed by atoms with E-state index in [0.29, 0.717) is 52.1 Å². The third kappa shape index (κ3) is 9.51. The fourth-order valence-electron chi connectivity index (χ4n) is 7.39. The number of amides is 1. The Kier molecular flexibility index (Phi) is 12.3. The van der Waals surface area contributed by atoms with Gasteiger partial charge in [-0.15, -0.1) is 0 Å². The smallest absolute Gasteiger partial charge is 0.410 e. The fraction of sp³-hybridized carbons (Fsp3) is 0.550. The van der Waals surface area contributed by atoms with E-state index < -0.39 is 8.07 Å². The van der Waals surface area contributed by atoms with Crippen molar-refractivity contribution in [2.75, 3.05) is 88.6 Å². The number of benzene rings is 2. The second-order valence-corrected chi connectivity index (χ2v) is 21.4. The van der Waals surface area contributed by atoms with Crippen LogP contribution in [0, 0.1) is 6.92 Å². The maximum absolute atomic E-state index is 13.0. The maximum atomic E-state index is 13.0. The second kappa shape index (κ2) is 17.5. The molecule has 54 heavy (non-hydrogen) atoms. The van der Waals surface area contributed by atoms with Gasteiger partial charge in [0.05, 0.1) is 49.5 Å². The van der Waals surface area contributed by atoms with Crippen molar-refractivity contribution in [3.8, 4) is 6.01 Å². The Morgan fingerprint density at radius 1 is 0.907 bits per heavy atom. The van der Waals surface area contributed by atoms with Crippen molar-refractivity contribution in [3.63, 3.8) is 0 Å². The molecule has 290 valence electrons. The van der Waals surface area contributed by atoms with Gasteiger partial charge in [-0.05, 0) is 43.0 Å². The Morgan fingerprint density at radius 2 is 1.70 bits per heavy atom. The maximum Gasteiger partial charge on any atom is 0.410 e. The molecule has 0 N–H and O–H groups in total. The van der Waals surface area contributed by atoms with E-state index in [9.17, 15) is 4.79 Å². The number of carbonyl (C=O) groups excluding carboxylic acids is 1. The van der Waals surface area contributed by atoms with Gasteiger partial charge in [-0.1, -0.05) is 56.0 Å². The number of piperazine rings is 1. The molecule has 13 nitrogen and oxygen atoms in total. The van der Waals surface area contributed by atoms with Crippen molar-refractivity contribution in [2.24, 2.45) is 0 Å². The van der Waals surface area contributed by atoms with Crippen LogP contribution in [-0.2, 0) is 40.5 Å². The molecule has 0 spiro atoms. The normalized spacial score (nSPS) is 16.9. The summed E-state index contributed by atoms with van der Waals surface area (Å²) in [4.78, 5) is 32.0. The van der Waals surface area contributed by atoms with Gasteiger partial charge in [0.25, 0.3) is 0 Å².